The second-order valence-electron chi connectivity index (χ2n) is 2.74. The topological polar surface area (TPSA) is 61.3 Å². The van der Waals surface area contributed by atoms with Crippen molar-refractivity contribution in [3.63, 3.8) is 0 Å². The first-order valence-corrected chi connectivity index (χ1v) is 4.19. The molecule has 2 N–H and O–H groups in total. The highest BCUT2D eigenvalue weighted by atomic mass is 19.1. The van der Waals surface area contributed by atoms with Crippen LogP contribution in [0.4, 0.5) is 4.39 Å². The molecule has 2 rings (SSSR count). The van der Waals surface area contributed by atoms with Crippen LogP contribution in [0.15, 0.2) is 22.7 Å². The number of ether oxygens (including phenoxy) is 1. The van der Waals surface area contributed by atoms with E-state index in [0.717, 1.165) is 0 Å². The third-order valence-electron chi connectivity index (χ3n) is 1.77. The van der Waals surface area contributed by atoms with Gasteiger partial charge in [0.05, 0.1) is 5.39 Å². The van der Waals surface area contributed by atoms with E-state index in [-0.39, 0.29) is 11.5 Å². The molecule has 1 heterocycles. The average molecular weight is 196 g/mol. The monoisotopic (exact) mass is 196 g/mol. The van der Waals surface area contributed by atoms with E-state index >= 15 is 0 Å². The highest BCUT2D eigenvalue weighted by Crippen LogP contribution is 2.26. The maximum atomic E-state index is 13.1. The van der Waals surface area contributed by atoms with Crippen LogP contribution < -0.4 is 10.5 Å². The predicted molar refractivity (Wildman–Crippen MR) is 48.5 cm³/mol. The first-order chi connectivity index (χ1) is 6.83. The van der Waals surface area contributed by atoms with Crippen LogP contribution in [0.2, 0.25) is 0 Å². The average Bonchev–Trinajstić information content (AvgIpc) is 2.60. The zero-order valence-electron chi connectivity index (χ0n) is 7.37. The largest absolute Gasteiger partial charge is 0.474 e. The summed E-state index contributed by atoms with van der Waals surface area (Å²) in [5, 5.41) is 4.13. The predicted octanol–water partition coefficient (Wildman–Crippen LogP) is 1.30. The van der Waals surface area contributed by atoms with Crippen LogP contribution in [-0.2, 0) is 0 Å². The van der Waals surface area contributed by atoms with Gasteiger partial charge in [-0.05, 0) is 17.3 Å². The van der Waals surface area contributed by atoms with Crippen molar-refractivity contribution in [2.75, 3.05) is 13.2 Å². The Morgan fingerprint density at radius 2 is 2.36 bits per heavy atom. The molecule has 0 bridgehead atoms. The number of rotatable bonds is 3. The SMILES string of the molecule is NCCOc1noc2c(F)cccc12. The molecule has 0 aliphatic carbocycles. The Morgan fingerprint density at radius 1 is 1.50 bits per heavy atom. The molecule has 0 fully saturated rings. The number of benzene rings is 1. The Morgan fingerprint density at radius 3 is 3.14 bits per heavy atom. The fraction of sp³-hybridized carbons (Fsp3) is 0.222. The van der Waals surface area contributed by atoms with Gasteiger partial charge in [0.25, 0.3) is 5.88 Å². The molecule has 0 aliphatic rings. The number of aromatic nitrogens is 1. The van der Waals surface area contributed by atoms with Crippen LogP contribution in [0.1, 0.15) is 0 Å². The zero-order valence-corrected chi connectivity index (χ0v) is 7.37. The summed E-state index contributed by atoms with van der Waals surface area (Å²) in [4.78, 5) is 0. The van der Waals surface area contributed by atoms with Gasteiger partial charge >= 0.3 is 0 Å². The molecule has 0 aliphatic heterocycles. The van der Waals surface area contributed by atoms with Gasteiger partial charge in [-0.25, -0.2) is 4.39 Å². The molecule has 4 nitrogen and oxygen atoms in total. The van der Waals surface area contributed by atoms with Gasteiger partial charge in [-0.1, -0.05) is 6.07 Å². The Hall–Kier alpha value is -1.62. The van der Waals surface area contributed by atoms with E-state index < -0.39 is 5.82 Å². The summed E-state index contributed by atoms with van der Waals surface area (Å²) in [7, 11) is 0. The molecule has 5 heteroatoms. The van der Waals surface area contributed by atoms with Gasteiger partial charge in [-0.3, -0.25) is 0 Å². The lowest BCUT2D eigenvalue weighted by molar-refractivity contribution is 0.292. The third kappa shape index (κ3) is 1.42. The first kappa shape index (κ1) is 8.96. The van der Waals surface area contributed by atoms with Crippen LogP contribution in [0.25, 0.3) is 11.0 Å². The summed E-state index contributed by atoms with van der Waals surface area (Å²) in [5.74, 6) is -0.164. The molecule has 0 saturated carbocycles. The lowest BCUT2D eigenvalue weighted by Crippen LogP contribution is -2.10. The van der Waals surface area contributed by atoms with Gasteiger partial charge in [-0.15, -0.1) is 0 Å². The molecule has 1 aromatic heterocycles. The first-order valence-electron chi connectivity index (χ1n) is 4.19. The number of nitrogens with two attached hydrogens (primary N) is 1. The van der Waals surface area contributed by atoms with Crippen LogP contribution >= 0.6 is 0 Å². The number of nitrogens with zero attached hydrogens (tertiary/aromatic N) is 1. The van der Waals surface area contributed by atoms with Crippen molar-refractivity contribution >= 4 is 11.0 Å². The minimum atomic E-state index is -0.447. The summed E-state index contributed by atoms with van der Waals surface area (Å²) in [6.07, 6.45) is 0. The highest BCUT2D eigenvalue weighted by molar-refractivity contribution is 5.82. The highest BCUT2D eigenvalue weighted by Gasteiger charge is 2.11. The van der Waals surface area contributed by atoms with E-state index in [0.29, 0.717) is 18.5 Å². The van der Waals surface area contributed by atoms with Gasteiger partial charge in [0.2, 0.25) is 5.58 Å². The van der Waals surface area contributed by atoms with E-state index in [1.165, 1.54) is 6.07 Å². The summed E-state index contributed by atoms with van der Waals surface area (Å²) in [5.41, 5.74) is 5.37. The van der Waals surface area contributed by atoms with Crippen molar-refractivity contribution in [3.05, 3.63) is 24.0 Å². The molecule has 0 spiro atoms. The Labute approximate surface area is 79.4 Å². The normalized spacial score (nSPS) is 10.7. The molecular weight excluding hydrogens is 187 g/mol. The van der Waals surface area contributed by atoms with Crippen LogP contribution in [0, 0.1) is 5.82 Å². The lowest BCUT2D eigenvalue weighted by atomic mass is 10.2. The van der Waals surface area contributed by atoms with E-state index in [4.69, 9.17) is 15.0 Å². The third-order valence-corrected chi connectivity index (χ3v) is 1.77. The smallest absolute Gasteiger partial charge is 0.262 e. The van der Waals surface area contributed by atoms with Crippen molar-refractivity contribution in [1.29, 1.82) is 0 Å². The van der Waals surface area contributed by atoms with Crippen LogP contribution in [0.3, 0.4) is 0 Å². The number of para-hydroxylation sites is 1. The molecule has 0 unspecified atom stereocenters. The van der Waals surface area contributed by atoms with Gasteiger partial charge in [0, 0.05) is 6.54 Å². The van der Waals surface area contributed by atoms with Crippen LogP contribution in [-0.4, -0.2) is 18.3 Å². The zero-order chi connectivity index (χ0) is 9.97. The molecule has 2 aromatic rings. The standard InChI is InChI=1S/C9H9FN2O2/c10-7-3-1-2-6-8(7)14-12-9(6)13-5-4-11/h1-3H,4-5,11H2. The van der Waals surface area contributed by atoms with Gasteiger partial charge in [0.15, 0.2) is 5.82 Å². The molecule has 14 heavy (non-hydrogen) atoms. The quantitative estimate of drug-likeness (QED) is 0.803. The Kier molecular flexibility index (Phi) is 2.32. The van der Waals surface area contributed by atoms with Gasteiger partial charge in [-0.2, -0.15) is 0 Å². The molecule has 0 saturated heterocycles. The Bertz CT molecular complexity index is 441. The lowest BCUT2D eigenvalue weighted by Gasteiger charge is -1.98. The second kappa shape index (κ2) is 3.63. The fourth-order valence-corrected chi connectivity index (χ4v) is 1.17. The molecule has 1 aromatic carbocycles. The molecule has 0 atom stereocenters. The minimum Gasteiger partial charge on any atom is -0.474 e. The number of hydrogen-bond acceptors (Lipinski definition) is 4. The van der Waals surface area contributed by atoms with Crippen molar-refractivity contribution in [1.82, 2.24) is 5.16 Å². The number of hydrogen-bond donors (Lipinski definition) is 1. The molecule has 0 amide bonds. The Balaban J connectivity index is 2.42. The van der Waals surface area contributed by atoms with Gasteiger partial charge < -0.3 is 15.0 Å². The minimum absolute atomic E-state index is 0.111. The van der Waals surface area contributed by atoms with E-state index in [1.807, 2.05) is 0 Å². The van der Waals surface area contributed by atoms with E-state index in [9.17, 15) is 4.39 Å². The molecule has 74 valence electrons. The van der Waals surface area contributed by atoms with Crippen molar-refractivity contribution in [2.24, 2.45) is 5.73 Å². The maximum Gasteiger partial charge on any atom is 0.262 e. The van der Waals surface area contributed by atoms with E-state index in [2.05, 4.69) is 5.16 Å². The summed E-state index contributed by atoms with van der Waals surface area (Å²) in [6, 6.07) is 4.56. The molecular formula is C9H9FN2O2. The second-order valence-corrected chi connectivity index (χ2v) is 2.74. The summed E-state index contributed by atoms with van der Waals surface area (Å²) in [6.45, 7) is 0.710. The fourth-order valence-electron chi connectivity index (χ4n) is 1.17. The summed E-state index contributed by atoms with van der Waals surface area (Å²) >= 11 is 0. The van der Waals surface area contributed by atoms with Crippen LogP contribution in [0.5, 0.6) is 5.88 Å². The number of halogens is 1. The maximum absolute atomic E-state index is 13.1. The molecule has 0 radical (unpaired) electrons. The van der Waals surface area contributed by atoms with Crippen molar-refractivity contribution in [2.45, 2.75) is 0 Å². The number of fused-ring (bicyclic) bond motifs is 1. The van der Waals surface area contributed by atoms with E-state index in [1.54, 1.807) is 12.1 Å². The van der Waals surface area contributed by atoms with Gasteiger partial charge in [0.1, 0.15) is 6.61 Å². The van der Waals surface area contributed by atoms with Crippen molar-refractivity contribution < 1.29 is 13.7 Å². The summed E-state index contributed by atoms with van der Waals surface area (Å²) < 4.78 is 23.1. The van der Waals surface area contributed by atoms with Crippen molar-refractivity contribution in [3.8, 4) is 5.88 Å².